The maximum absolute atomic E-state index is 12.1. The van der Waals surface area contributed by atoms with Crippen LogP contribution in [0.5, 0.6) is 0 Å². The van der Waals surface area contributed by atoms with Crippen LogP contribution in [0.3, 0.4) is 0 Å². The second-order valence-corrected chi connectivity index (χ2v) is 2.58. The van der Waals surface area contributed by atoms with Crippen molar-refractivity contribution in [1.29, 1.82) is 0 Å². The standard InChI is InChI=1S/C8H6ClF2N/c1-2-6-3-5(9)4-7(12-6)8(10)11/h2-4,8H,1H2. The topological polar surface area (TPSA) is 12.9 Å². The molecule has 12 heavy (non-hydrogen) atoms. The third-order valence-corrected chi connectivity index (χ3v) is 1.48. The summed E-state index contributed by atoms with van der Waals surface area (Å²) in [5.41, 5.74) is 0.0372. The zero-order valence-electron chi connectivity index (χ0n) is 6.10. The first-order chi connectivity index (χ1) is 5.63. The van der Waals surface area contributed by atoms with Gasteiger partial charge < -0.3 is 0 Å². The fraction of sp³-hybridized carbons (Fsp3) is 0.125. The Balaban J connectivity index is 3.14. The Kier molecular flexibility index (Phi) is 2.76. The molecular weight excluding hydrogens is 184 g/mol. The van der Waals surface area contributed by atoms with Crippen molar-refractivity contribution in [3.63, 3.8) is 0 Å². The van der Waals surface area contributed by atoms with Crippen molar-refractivity contribution in [3.05, 3.63) is 35.1 Å². The van der Waals surface area contributed by atoms with Crippen molar-refractivity contribution < 1.29 is 8.78 Å². The average molecular weight is 190 g/mol. The maximum Gasteiger partial charge on any atom is 0.280 e. The Morgan fingerprint density at radius 2 is 2.17 bits per heavy atom. The van der Waals surface area contributed by atoms with Gasteiger partial charge in [-0.3, -0.25) is 0 Å². The van der Waals surface area contributed by atoms with Crippen LogP contribution in [0.2, 0.25) is 5.02 Å². The number of pyridine rings is 1. The van der Waals surface area contributed by atoms with Crippen molar-refractivity contribution in [2.45, 2.75) is 6.43 Å². The first-order valence-electron chi connectivity index (χ1n) is 3.21. The third kappa shape index (κ3) is 2.01. The predicted molar refractivity (Wildman–Crippen MR) is 44.3 cm³/mol. The molecule has 0 spiro atoms. The first kappa shape index (κ1) is 9.13. The van der Waals surface area contributed by atoms with Gasteiger partial charge in [0.15, 0.2) is 0 Å². The van der Waals surface area contributed by atoms with Gasteiger partial charge in [-0.15, -0.1) is 0 Å². The fourth-order valence-corrected chi connectivity index (χ4v) is 0.978. The molecule has 0 atom stereocenters. The van der Waals surface area contributed by atoms with Crippen LogP contribution in [-0.4, -0.2) is 4.98 Å². The van der Waals surface area contributed by atoms with Gasteiger partial charge in [0, 0.05) is 5.02 Å². The van der Waals surface area contributed by atoms with E-state index in [-0.39, 0.29) is 10.7 Å². The lowest BCUT2D eigenvalue weighted by molar-refractivity contribution is 0.146. The van der Waals surface area contributed by atoms with Gasteiger partial charge in [-0.05, 0) is 18.2 Å². The van der Waals surface area contributed by atoms with Gasteiger partial charge in [0.05, 0.1) is 5.69 Å². The molecule has 0 aliphatic carbocycles. The molecule has 0 aliphatic heterocycles. The van der Waals surface area contributed by atoms with E-state index in [4.69, 9.17) is 11.6 Å². The molecule has 0 N–H and O–H groups in total. The number of hydrogen-bond donors (Lipinski definition) is 0. The van der Waals surface area contributed by atoms with E-state index >= 15 is 0 Å². The molecule has 0 saturated heterocycles. The van der Waals surface area contributed by atoms with E-state index in [1.165, 1.54) is 12.1 Å². The Morgan fingerprint density at radius 1 is 1.50 bits per heavy atom. The lowest BCUT2D eigenvalue weighted by atomic mass is 10.3. The lowest BCUT2D eigenvalue weighted by Crippen LogP contribution is -1.91. The quantitative estimate of drug-likeness (QED) is 0.696. The molecule has 0 unspecified atom stereocenters. The third-order valence-electron chi connectivity index (χ3n) is 1.26. The molecule has 1 aromatic rings. The summed E-state index contributed by atoms with van der Waals surface area (Å²) in [5.74, 6) is 0. The van der Waals surface area contributed by atoms with Gasteiger partial charge in [-0.25, -0.2) is 13.8 Å². The number of hydrogen-bond acceptors (Lipinski definition) is 1. The summed E-state index contributed by atoms with van der Waals surface area (Å²) in [6.45, 7) is 3.41. The van der Waals surface area contributed by atoms with Gasteiger partial charge in [0.25, 0.3) is 6.43 Å². The van der Waals surface area contributed by atoms with Crippen molar-refractivity contribution in [2.24, 2.45) is 0 Å². The van der Waals surface area contributed by atoms with Crippen LogP contribution in [-0.2, 0) is 0 Å². The van der Waals surface area contributed by atoms with Crippen LogP contribution in [0.15, 0.2) is 18.7 Å². The Bertz CT molecular complexity index is 299. The van der Waals surface area contributed by atoms with E-state index in [1.54, 1.807) is 0 Å². The van der Waals surface area contributed by atoms with Crippen LogP contribution >= 0.6 is 11.6 Å². The molecule has 1 heterocycles. The van der Waals surface area contributed by atoms with Crippen LogP contribution in [0.25, 0.3) is 6.08 Å². The van der Waals surface area contributed by atoms with Crippen LogP contribution in [0.4, 0.5) is 8.78 Å². The smallest absolute Gasteiger partial charge is 0.247 e. The molecular formula is C8H6ClF2N. The largest absolute Gasteiger partial charge is 0.280 e. The number of rotatable bonds is 2. The van der Waals surface area contributed by atoms with Crippen molar-refractivity contribution in [3.8, 4) is 0 Å². The summed E-state index contributed by atoms with van der Waals surface area (Å²) >= 11 is 5.55. The van der Waals surface area contributed by atoms with E-state index in [0.717, 1.165) is 6.07 Å². The molecule has 0 aromatic carbocycles. The highest BCUT2D eigenvalue weighted by atomic mass is 35.5. The molecule has 1 aromatic heterocycles. The van der Waals surface area contributed by atoms with Gasteiger partial charge in [0.2, 0.25) is 0 Å². The van der Waals surface area contributed by atoms with Gasteiger partial charge >= 0.3 is 0 Å². The fourth-order valence-electron chi connectivity index (χ4n) is 0.754. The average Bonchev–Trinajstić information content (AvgIpc) is 2.03. The first-order valence-corrected chi connectivity index (χ1v) is 3.59. The minimum absolute atomic E-state index is 0.246. The molecule has 0 saturated carbocycles. The maximum atomic E-state index is 12.1. The second kappa shape index (κ2) is 3.63. The number of halogens is 3. The van der Waals surface area contributed by atoms with Crippen molar-refractivity contribution in [1.82, 2.24) is 4.98 Å². The Morgan fingerprint density at radius 3 is 2.67 bits per heavy atom. The molecule has 0 radical (unpaired) electrons. The van der Waals surface area contributed by atoms with E-state index in [1.807, 2.05) is 0 Å². The van der Waals surface area contributed by atoms with Gasteiger partial charge in [-0.2, -0.15) is 0 Å². The Labute approximate surface area is 73.7 Å². The van der Waals surface area contributed by atoms with E-state index in [2.05, 4.69) is 11.6 Å². The molecule has 1 nitrogen and oxygen atoms in total. The predicted octanol–water partition coefficient (Wildman–Crippen LogP) is 3.32. The molecule has 0 bridgehead atoms. The lowest BCUT2D eigenvalue weighted by Gasteiger charge is -2.00. The van der Waals surface area contributed by atoms with Crippen LogP contribution < -0.4 is 0 Å². The zero-order valence-corrected chi connectivity index (χ0v) is 6.85. The normalized spacial score (nSPS) is 10.3. The summed E-state index contributed by atoms with van der Waals surface area (Å²) in [7, 11) is 0. The molecule has 64 valence electrons. The van der Waals surface area contributed by atoms with E-state index < -0.39 is 6.43 Å². The molecule has 0 aliphatic rings. The monoisotopic (exact) mass is 189 g/mol. The van der Waals surface area contributed by atoms with Crippen LogP contribution in [0.1, 0.15) is 17.8 Å². The highest BCUT2D eigenvalue weighted by Crippen LogP contribution is 2.21. The number of aromatic nitrogens is 1. The summed E-state index contributed by atoms with van der Waals surface area (Å²) in [5, 5.41) is 0.246. The highest BCUT2D eigenvalue weighted by molar-refractivity contribution is 6.30. The summed E-state index contributed by atoms with van der Waals surface area (Å²) < 4.78 is 24.2. The SMILES string of the molecule is C=Cc1cc(Cl)cc(C(F)F)n1. The van der Waals surface area contributed by atoms with Crippen LogP contribution in [0, 0.1) is 0 Å². The van der Waals surface area contributed by atoms with Gasteiger partial charge in [0.1, 0.15) is 5.69 Å². The second-order valence-electron chi connectivity index (χ2n) is 2.14. The summed E-state index contributed by atoms with van der Waals surface area (Å²) in [6, 6.07) is 2.61. The Hall–Kier alpha value is -0.960. The minimum Gasteiger partial charge on any atom is -0.247 e. The number of alkyl halides is 2. The minimum atomic E-state index is -2.60. The molecule has 0 fully saturated rings. The zero-order chi connectivity index (χ0) is 9.14. The number of nitrogens with zero attached hydrogens (tertiary/aromatic N) is 1. The molecule has 4 heteroatoms. The molecule has 0 amide bonds. The van der Waals surface area contributed by atoms with E-state index in [0.29, 0.717) is 5.69 Å². The van der Waals surface area contributed by atoms with Crippen molar-refractivity contribution in [2.75, 3.05) is 0 Å². The van der Waals surface area contributed by atoms with E-state index in [9.17, 15) is 8.78 Å². The summed E-state index contributed by atoms with van der Waals surface area (Å²) in [6.07, 6.45) is -1.22. The molecule has 1 rings (SSSR count). The van der Waals surface area contributed by atoms with Gasteiger partial charge in [-0.1, -0.05) is 18.2 Å². The van der Waals surface area contributed by atoms with Crippen molar-refractivity contribution >= 4 is 17.7 Å². The summed E-state index contributed by atoms with van der Waals surface area (Å²) in [4.78, 5) is 3.60. The highest BCUT2D eigenvalue weighted by Gasteiger charge is 2.09.